The molecular formula is C10H7F2N3O. The second-order valence-electron chi connectivity index (χ2n) is 3.15. The van der Waals surface area contributed by atoms with E-state index in [2.05, 4.69) is 10.1 Å². The highest BCUT2D eigenvalue weighted by molar-refractivity contribution is 5.95. The first kappa shape index (κ1) is 10.4. The molecule has 0 spiro atoms. The fourth-order valence-electron chi connectivity index (χ4n) is 1.22. The first-order valence-electron chi connectivity index (χ1n) is 4.47. The van der Waals surface area contributed by atoms with Gasteiger partial charge in [0.25, 0.3) is 0 Å². The summed E-state index contributed by atoms with van der Waals surface area (Å²) in [6, 6.07) is 3.02. The van der Waals surface area contributed by atoms with Gasteiger partial charge in [-0.05, 0) is 18.2 Å². The zero-order valence-corrected chi connectivity index (χ0v) is 8.10. The predicted molar refractivity (Wildman–Crippen MR) is 50.7 cm³/mol. The van der Waals surface area contributed by atoms with Crippen molar-refractivity contribution in [3.05, 3.63) is 48.1 Å². The molecule has 0 bridgehead atoms. The van der Waals surface area contributed by atoms with E-state index in [-0.39, 0.29) is 17.9 Å². The summed E-state index contributed by atoms with van der Waals surface area (Å²) >= 11 is 0. The summed E-state index contributed by atoms with van der Waals surface area (Å²) < 4.78 is 26.8. The highest BCUT2D eigenvalue weighted by Gasteiger charge is 2.10. The molecule has 0 radical (unpaired) electrons. The van der Waals surface area contributed by atoms with Crippen LogP contribution < -0.4 is 0 Å². The van der Waals surface area contributed by atoms with Crippen LogP contribution in [0, 0.1) is 11.6 Å². The molecule has 1 aromatic carbocycles. The third kappa shape index (κ3) is 2.10. The number of ketones is 1. The second-order valence-corrected chi connectivity index (χ2v) is 3.15. The molecule has 0 saturated heterocycles. The van der Waals surface area contributed by atoms with Crippen molar-refractivity contribution in [2.75, 3.05) is 0 Å². The van der Waals surface area contributed by atoms with Crippen LogP contribution in [-0.4, -0.2) is 20.5 Å². The molecule has 0 aliphatic rings. The molecule has 0 amide bonds. The van der Waals surface area contributed by atoms with Crippen molar-refractivity contribution in [3.8, 4) is 0 Å². The van der Waals surface area contributed by atoms with E-state index in [0.717, 1.165) is 12.1 Å². The third-order valence-corrected chi connectivity index (χ3v) is 2.01. The van der Waals surface area contributed by atoms with E-state index in [1.807, 2.05) is 0 Å². The maximum atomic E-state index is 12.9. The molecule has 0 aliphatic heterocycles. The molecule has 16 heavy (non-hydrogen) atoms. The molecule has 1 heterocycles. The van der Waals surface area contributed by atoms with E-state index in [0.29, 0.717) is 0 Å². The molecular weight excluding hydrogens is 216 g/mol. The number of hydrogen-bond donors (Lipinski definition) is 0. The second kappa shape index (κ2) is 4.18. The van der Waals surface area contributed by atoms with E-state index < -0.39 is 11.6 Å². The number of aromatic nitrogens is 3. The van der Waals surface area contributed by atoms with Crippen LogP contribution in [0.5, 0.6) is 0 Å². The molecule has 0 unspecified atom stereocenters. The number of nitrogens with zero attached hydrogens (tertiary/aromatic N) is 3. The quantitative estimate of drug-likeness (QED) is 0.740. The number of carbonyl (C=O) groups excluding carboxylic acids is 1. The van der Waals surface area contributed by atoms with E-state index >= 15 is 0 Å². The number of hydrogen-bond acceptors (Lipinski definition) is 3. The number of benzene rings is 1. The first-order valence-corrected chi connectivity index (χ1v) is 4.47. The van der Waals surface area contributed by atoms with Crippen molar-refractivity contribution in [2.24, 2.45) is 0 Å². The summed E-state index contributed by atoms with van der Waals surface area (Å²) in [5, 5.41) is 3.74. The largest absolute Gasteiger partial charge is 0.292 e. The first-order chi connectivity index (χ1) is 7.66. The maximum absolute atomic E-state index is 12.9. The average molecular weight is 223 g/mol. The summed E-state index contributed by atoms with van der Waals surface area (Å²) in [5.74, 6) is -2.37. The Hall–Kier alpha value is -2.11. The number of rotatable bonds is 3. The van der Waals surface area contributed by atoms with Gasteiger partial charge in [0.1, 0.15) is 19.2 Å². The zero-order chi connectivity index (χ0) is 11.5. The minimum absolute atomic E-state index is 0.0505. The zero-order valence-electron chi connectivity index (χ0n) is 8.10. The average Bonchev–Trinajstić information content (AvgIpc) is 2.74. The Bertz CT molecular complexity index is 511. The van der Waals surface area contributed by atoms with Crippen LogP contribution in [0.2, 0.25) is 0 Å². The lowest BCUT2D eigenvalue weighted by Crippen LogP contribution is -2.11. The van der Waals surface area contributed by atoms with Crippen molar-refractivity contribution < 1.29 is 13.6 Å². The van der Waals surface area contributed by atoms with Crippen LogP contribution in [0.4, 0.5) is 8.78 Å². The van der Waals surface area contributed by atoms with Crippen LogP contribution in [0.25, 0.3) is 0 Å². The van der Waals surface area contributed by atoms with Crippen molar-refractivity contribution in [1.82, 2.24) is 14.8 Å². The number of carbonyl (C=O) groups is 1. The molecule has 0 aliphatic carbocycles. The Morgan fingerprint density at radius 3 is 2.75 bits per heavy atom. The molecule has 6 heteroatoms. The summed E-state index contributed by atoms with van der Waals surface area (Å²) in [6.07, 6.45) is 2.66. The normalized spacial score (nSPS) is 10.4. The lowest BCUT2D eigenvalue weighted by molar-refractivity contribution is 0.0967. The standard InChI is InChI=1S/C10H7F2N3O/c11-8-2-1-7(3-9(8)12)10(16)4-15-6-13-5-14-15/h1-3,5-6H,4H2. The van der Waals surface area contributed by atoms with Gasteiger partial charge in [-0.3, -0.25) is 4.79 Å². The monoisotopic (exact) mass is 223 g/mol. The topological polar surface area (TPSA) is 47.8 Å². The Morgan fingerprint density at radius 1 is 1.31 bits per heavy atom. The molecule has 1 aromatic heterocycles. The summed E-state index contributed by atoms with van der Waals surface area (Å²) in [4.78, 5) is 15.3. The fraction of sp³-hybridized carbons (Fsp3) is 0.100. The third-order valence-electron chi connectivity index (χ3n) is 2.01. The van der Waals surface area contributed by atoms with Gasteiger partial charge >= 0.3 is 0 Å². The molecule has 0 N–H and O–H groups in total. The lowest BCUT2D eigenvalue weighted by Gasteiger charge is -2.01. The minimum atomic E-state index is -1.04. The van der Waals surface area contributed by atoms with Gasteiger partial charge in [0.05, 0.1) is 0 Å². The van der Waals surface area contributed by atoms with Gasteiger partial charge in [0.2, 0.25) is 0 Å². The van der Waals surface area contributed by atoms with Crippen LogP contribution >= 0.6 is 0 Å². The predicted octanol–water partition coefficient (Wildman–Crippen LogP) is 1.44. The minimum Gasteiger partial charge on any atom is -0.292 e. The number of Topliss-reactive ketones (excluding diaryl/α,β-unsaturated/α-hetero) is 1. The molecule has 4 nitrogen and oxygen atoms in total. The molecule has 2 rings (SSSR count). The van der Waals surface area contributed by atoms with Gasteiger partial charge in [-0.15, -0.1) is 0 Å². The van der Waals surface area contributed by atoms with Gasteiger partial charge < -0.3 is 0 Å². The van der Waals surface area contributed by atoms with Gasteiger partial charge in [0.15, 0.2) is 17.4 Å². The smallest absolute Gasteiger partial charge is 0.184 e. The van der Waals surface area contributed by atoms with E-state index in [9.17, 15) is 13.6 Å². The molecule has 0 atom stereocenters. The Kier molecular flexibility index (Phi) is 2.72. The Labute approximate surface area is 89.5 Å². The van der Waals surface area contributed by atoms with Crippen molar-refractivity contribution in [3.63, 3.8) is 0 Å². The van der Waals surface area contributed by atoms with E-state index in [4.69, 9.17) is 0 Å². The maximum Gasteiger partial charge on any atom is 0.184 e. The summed E-state index contributed by atoms with van der Waals surface area (Å²) in [7, 11) is 0. The van der Waals surface area contributed by atoms with Crippen LogP contribution in [0.3, 0.4) is 0 Å². The highest BCUT2D eigenvalue weighted by Crippen LogP contribution is 2.09. The van der Waals surface area contributed by atoms with E-state index in [1.54, 1.807) is 0 Å². The number of halogens is 2. The van der Waals surface area contributed by atoms with Gasteiger partial charge in [-0.25, -0.2) is 18.4 Å². The Balaban J connectivity index is 2.18. The van der Waals surface area contributed by atoms with Crippen LogP contribution in [0.1, 0.15) is 10.4 Å². The van der Waals surface area contributed by atoms with Crippen LogP contribution in [0.15, 0.2) is 30.9 Å². The fourth-order valence-corrected chi connectivity index (χ4v) is 1.22. The van der Waals surface area contributed by atoms with Crippen LogP contribution in [-0.2, 0) is 6.54 Å². The molecule has 82 valence electrons. The van der Waals surface area contributed by atoms with Gasteiger partial charge in [0, 0.05) is 5.56 Å². The molecule has 2 aromatic rings. The SMILES string of the molecule is O=C(Cn1cncn1)c1ccc(F)c(F)c1. The van der Waals surface area contributed by atoms with Crippen molar-refractivity contribution in [1.29, 1.82) is 0 Å². The summed E-state index contributed by atoms with van der Waals surface area (Å²) in [5.41, 5.74) is 0.106. The van der Waals surface area contributed by atoms with E-state index in [1.165, 1.54) is 23.4 Å². The highest BCUT2D eigenvalue weighted by atomic mass is 19.2. The lowest BCUT2D eigenvalue weighted by atomic mass is 10.1. The summed E-state index contributed by atoms with van der Waals surface area (Å²) in [6.45, 7) is -0.0505. The van der Waals surface area contributed by atoms with Crippen molar-refractivity contribution >= 4 is 5.78 Å². The van der Waals surface area contributed by atoms with Gasteiger partial charge in [-0.1, -0.05) is 0 Å². The van der Waals surface area contributed by atoms with Crippen molar-refractivity contribution in [2.45, 2.75) is 6.54 Å². The molecule has 0 fully saturated rings. The molecule has 0 saturated carbocycles. The Morgan fingerprint density at radius 2 is 2.12 bits per heavy atom. The van der Waals surface area contributed by atoms with Gasteiger partial charge in [-0.2, -0.15) is 5.10 Å².